The number of ether oxygens (including phenoxy) is 1. The fourth-order valence-electron chi connectivity index (χ4n) is 3.17. The lowest BCUT2D eigenvalue weighted by molar-refractivity contribution is 0.101. The molecule has 0 unspecified atom stereocenters. The second-order valence-corrected chi connectivity index (χ2v) is 7.59. The van der Waals surface area contributed by atoms with Gasteiger partial charge in [-0.15, -0.1) is 5.10 Å². The number of carbonyl (C=O) groups excluding carboxylic acids is 1. The molecule has 0 saturated carbocycles. The van der Waals surface area contributed by atoms with E-state index < -0.39 is 0 Å². The van der Waals surface area contributed by atoms with Crippen LogP contribution in [0.15, 0.2) is 66.7 Å². The van der Waals surface area contributed by atoms with Gasteiger partial charge in [0, 0.05) is 16.3 Å². The lowest BCUT2D eigenvalue weighted by Gasteiger charge is -2.07. The summed E-state index contributed by atoms with van der Waals surface area (Å²) < 4.78 is 6.87. The van der Waals surface area contributed by atoms with E-state index in [9.17, 15) is 4.79 Å². The van der Waals surface area contributed by atoms with Crippen LogP contribution in [0.1, 0.15) is 21.7 Å². The van der Waals surface area contributed by atoms with Gasteiger partial charge in [-0.2, -0.15) is 0 Å². The van der Waals surface area contributed by atoms with Crippen molar-refractivity contribution in [3.63, 3.8) is 0 Å². The van der Waals surface area contributed by atoms with Gasteiger partial charge >= 0.3 is 0 Å². The van der Waals surface area contributed by atoms with E-state index in [-0.39, 0.29) is 11.7 Å². The second-order valence-electron chi connectivity index (χ2n) is 7.15. The molecular weight excluding hydrogens is 412 g/mol. The van der Waals surface area contributed by atoms with Gasteiger partial charge in [-0.25, -0.2) is 9.67 Å². The van der Waals surface area contributed by atoms with Crippen molar-refractivity contribution in [3.05, 3.63) is 88.7 Å². The summed E-state index contributed by atoms with van der Waals surface area (Å²) in [5, 5.41) is 7.99. The minimum atomic E-state index is -0.385. The van der Waals surface area contributed by atoms with Gasteiger partial charge in [0.15, 0.2) is 5.82 Å². The van der Waals surface area contributed by atoms with Crippen LogP contribution in [0.25, 0.3) is 17.1 Å². The minimum Gasteiger partial charge on any atom is -0.497 e. The molecule has 1 N–H and O–H groups in total. The molecule has 0 spiro atoms. The standard InChI is InChI=1S/C24H21ClN4O2/c1-15-7-8-16(2)21(13-15)26-24(30)22-27-23(17-5-4-6-18(25)14-17)29(28-22)19-9-11-20(31-3)12-10-19/h4-14H,1-3H3,(H,26,30). The fraction of sp³-hybridized carbons (Fsp3) is 0.125. The summed E-state index contributed by atoms with van der Waals surface area (Å²) in [6.07, 6.45) is 0. The third-order valence-electron chi connectivity index (χ3n) is 4.85. The van der Waals surface area contributed by atoms with Gasteiger partial charge in [0.05, 0.1) is 12.8 Å². The third-order valence-corrected chi connectivity index (χ3v) is 5.09. The van der Waals surface area contributed by atoms with Gasteiger partial charge in [-0.3, -0.25) is 4.79 Å². The molecule has 0 atom stereocenters. The monoisotopic (exact) mass is 432 g/mol. The Hall–Kier alpha value is -3.64. The van der Waals surface area contributed by atoms with Crippen LogP contribution in [-0.4, -0.2) is 27.8 Å². The second kappa shape index (κ2) is 8.62. The average Bonchev–Trinajstić information content (AvgIpc) is 3.22. The van der Waals surface area contributed by atoms with Crippen molar-refractivity contribution in [2.75, 3.05) is 12.4 Å². The number of nitrogens with one attached hydrogen (secondary N) is 1. The topological polar surface area (TPSA) is 69.0 Å². The molecule has 0 aliphatic rings. The molecule has 0 radical (unpaired) electrons. The van der Waals surface area contributed by atoms with Gasteiger partial charge in [0.25, 0.3) is 5.91 Å². The van der Waals surface area contributed by atoms with E-state index in [1.54, 1.807) is 23.9 Å². The molecule has 0 fully saturated rings. The van der Waals surface area contributed by atoms with E-state index in [0.717, 1.165) is 33.8 Å². The molecular formula is C24H21ClN4O2. The van der Waals surface area contributed by atoms with E-state index >= 15 is 0 Å². The van der Waals surface area contributed by atoms with Gasteiger partial charge in [0.2, 0.25) is 5.82 Å². The zero-order valence-corrected chi connectivity index (χ0v) is 18.1. The van der Waals surface area contributed by atoms with Gasteiger partial charge in [0.1, 0.15) is 5.75 Å². The number of halogens is 1. The first-order valence-corrected chi connectivity index (χ1v) is 10.1. The predicted molar refractivity (Wildman–Crippen MR) is 122 cm³/mol. The van der Waals surface area contributed by atoms with Gasteiger partial charge < -0.3 is 10.1 Å². The Kier molecular flexibility index (Phi) is 5.73. The highest BCUT2D eigenvalue weighted by molar-refractivity contribution is 6.30. The molecule has 1 amide bonds. The zero-order valence-electron chi connectivity index (χ0n) is 17.4. The van der Waals surface area contributed by atoms with Crippen molar-refractivity contribution in [1.29, 1.82) is 0 Å². The van der Waals surface area contributed by atoms with Crippen molar-refractivity contribution >= 4 is 23.2 Å². The van der Waals surface area contributed by atoms with Crippen LogP contribution < -0.4 is 10.1 Å². The third kappa shape index (κ3) is 4.44. The first-order valence-electron chi connectivity index (χ1n) is 9.70. The largest absolute Gasteiger partial charge is 0.497 e. The number of aryl methyl sites for hydroxylation is 2. The molecule has 1 aromatic heterocycles. The quantitative estimate of drug-likeness (QED) is 0.454. The Labute approximate surface area is 185 Å². The van der Waals surface area contributed by atoms with Crippen molar-refractivity contribution in [2.45, 2.75) is 13.8 Å². The highest BCUT2D eigenvalue weighted by atomic mass is 35.5. The molecule has 156 valence electrons. The Morgan fingerprint density at radius 1 is 1.03 bits per heavy atom. The number of aromatic nitrogens is 3. The van der Waals surface area contributed by atoms with Gasteiger partial charge in [-0.1, -0.05) is 35.9 Å². The summed E-state index contributed by atoms with van der Waals surface area (Å²) in [5.41, 5.74) is 4.24. The van der Waals surface area contributed by atoms with E-state index in [1.165, 1.54) is 0 Å². The van der Waals surface area contributed by atoms with Crippen LogP contribution in [0.5, 0.6) is 5.75 Å². The number of amides is 1. The number of carbonyl (C=O) groups is 1. The molecule has 7 heteroatoms. The Morgan fingerprint density at radius 2 is 1.81 bits per heavy atom. The molecule has 6 nitrogen and oxygen atoms in total. The van der Waals surface area contributed by atoms with Crippen molar-refractivity contribution in [3.8, 4) is 22.8 Å². The Balaban J connectivity index is 1.76. The number of anilines is 1. The van der Waals surface area contributed by atoms with Crippen LogP contribution in [0.4, 0.5) is 5.69 Å². The lowest BCUT2D eigenvalue weighted by Crippen LogP contribution is -2.15. The predicted octanol–water partition coefficient (Wildman–Crippen LogP) is 5.47. The van der Waals surface area contributed by atoms with Crippen molar-refractivity contribution < 1.29 is 9.53 Å². The highest BCUT2D eigenvalue weighted by Gasteiger charge is 2.20. The maximum absolute atomic E-state index is 13.0. The van der Waals surface area contributed by atoms with E-state index in [1.807, 2.05) is 68.4 Å². The fourth-order valence-corrected chi connectivity index (χ4v) is 3.37. The molecule has 4 rings (SSSR count). The maximum Gasteiger partial charge on any atom is 0.295 e. The van der Waals surface area contributed by atoms with Crippen molar-refractivity contribution in [2.24, 2.45) is 0 Å². The molecule has 0 bridgehead atoms. The lowest BCUT2D eigenvalue weighted by atomic mass is 10.1. The molecule has 0 aliphatic heterocycles. The number of hydrogen-bond donors (Lipinski definition) is 1. The summed E-state index contributed by atoms with van der Waals surface area (Å²) in [6, 6.07) is 20.5. The van der Waals surface area contributed by atoms with Crippen LogP contribution in [-0.2, 0) is 0 Å². The van der Waals surface area contributed by atoms with Crippen LogP contribution in [0.2, 0.25) is 5.02 Å². The van der Waals surface area contributed by atoms with E-state index in [0.29, 0.717) is 10.8 Å². The van der Waals surface area contributed by atoms with Crippen LogP contribution in [0.3, 0.4) is 0 Å². The number of benzene rings is 3. The molecule has 0 aliphatic carbocycles. The smallest absolute Gasteiger partial charge is 0.295 e. The average molecular weight is 433 g/mol. The van der Waals surface area contributed by atoms with Crippen LogP contribution in [0, 0.1) is 13.8 Å². The summed E-state index contributed by atoms with van der Waals surface area (Å²) >= 11 is 6.19. The first-order chi connectivity index (χ1) is 14.9. The van der Waals surface area contributed by atoms with E-state index in [4.69, 9.17) is 16.3 Å². The number of hydrogen-bond acceptors (Lipinski definition) is 4. The zero-order chi connectivity index (χ0) is 22.0. The number of nitrogens with zero attached hydrogens (tertiary/aromatic N) is 3. The normalized spacial score (nSPS) is 10.7. The van der Waals surface area contributed by atoms with E-state index in [2.05, 4.69) is 15.4 Å². The molecule has 3 aromatic carbocycles. The van der Waals surface area contributed by atoms with Gasteiger partial charge in [-0.05, 0) is 67.4 Å². The molecule has 0 saturated heterocycles. The first kappa shape index (κ1) is 20.6. The molecule has 4 aromatic rings. The summed E-state index contributed by atoms with van der Waals surface area (Å²) in [7, 11) is 1.61. The SMILES string of the molecule is COc1ccc(-n2nc(C(=O)Nc3cc(C)ccc3C)nc2-c2cccc(Cl)c2)cc1. The summed E-state index contributed by atoms with van der Waals surface area (Å²) in [4.78, 5) is 17.5. The molecule has 31 heavy (non-hydrogen) atoms. The Morgan fingerprint density at radius 3 is 2.52 bits per heavy atom. The minimum absolute atomic E-state index is 0.0618. The van der Waals surface area contributed by atoms with Crippen molar-refractivity contribution in [1.82, 2.24) is 14.8 Å². The number of methoxy groups -OCH3 is 1. The molecule has 1 heterocycles. The van der Waals surface area contributed by atoms with Crippen LogP contribution >= 0.6 is 11.6 Å². The summed E-state index contributed by atoms with van der Waals surface area (Å²) in [5.74, 6) is 0.913. The number of rotatable bonds is 5. The maximum atomic E-state index is 13.0. The highest BCUT2D eigenvalue weighted by Crippen LogP contribution is 2.25. The summed E-state index contributed by atoms with van der Waals surface area (Å²) in [6.45, 7) is 3.92. The Bertz CT molecular complexity index is 1250.